The van der Waals surface area contributed by atoms with Gasteiger partial charge in [0.15, 0.2) is 0 Å². The van der Waals surface area contributed by atoms with E-state index >= 15 is 0 Å². The molecule has 2 N–H and O–H groups in total. The van der Waals surface area contributed by atoms with Crippen molar-refractivity contribution < 1.29 is 19.2 Å². The van der Waals surface area contributed by atoms with Gasteiger partial charge in [-0.1, -0.05) is 77.3 Å². The summed E-state index contributed by atoms with van der Waals surface area (Å²) in [5.41, 5.74) is 3.18. The molecule has 39 heavy (non-hydrogen) atoms. The van der Waals surface area contributed by atoms with Crippen LogP contribution < -0.4 is 15.5 Å². The van der Waals surface area contributed by atoms with Gasteiger partial charge in [-0.05, 0) is 52.7 Å². The minimum atomic E-state index is -1.99. The fourth-order valence-corrected chi connectivity index (χ4v) is 3.85. The van der Waals surface area contributed by atoms with Crippen molar-refractivity contribution in [3.63, 3.8) is 0 Å². The highest BCUT2D eigenvalue weighted by atomic mass is 35.6. The van der Waals surface area contributed by atoms with Crippen molar-refractivity contribution in [3.8, 4) is 5.75 Å². The second kappa shape index (κ2) is 12.1. The highest BCUT2D eigenvalue weighted by Gasteiger charge is 2.36. The van der Waals surface area contributed by atoms with Gasteiger partial charge in [0.05, 0.1) is 11.1 Å². The summed E-state index contributed by atoms with van der Waals surface area (Å²) in [6.45, 7) is 0. The molecular weight excluding hydrogens is 567 g/mol. The van der Waals surface area contributed by atoms with Gasteiger partial charge >= 0.3 is 0 Å². The summed E-state index contributed by atoms with van der Waals surface area (Å²) < 4.78 is 3.78. The van der Waals surface area contributed by atoms with Crippen molar-refractivity contribution in [2.24, 2.45) is 5.10 Å². The molecule has 2 amide bonds. The number of non-ortho nitro benzene ring substituents is 1. The number of amides is 2. The number of hydrazone groups is 1. The highest BCUT2D eigenvalue weighted by molar-refractivity contribution is 6.68. The average molecular weight is 586 g/mol. The summed E-state index contributed by atoms with van der Waals surface area (Å²) in [4.78, 5) is 35.5. The largest absolute Gasteiger partial charge is 0.466 e. The van der Waals surface area contributed by atoms with E-state index in [-0.39, 0.29) is 11.3 Å². The Hall–Kier alpha value is -4.18. The molecule has 0 saturated heterocycles. The van der Waals surface area contributed by atoms with E-state index in [1.807, 2.05) is 30.3 Å². The Morgan fingerprint density at radius 2 is 1.62 bits per heavy atom. The van der Waals surface area contributed by atoms with Crippen LogP contribution in [0.25, 0.3) is 10.8 Å². The highest BCUT2D eigenvalue weighted by Crippen LogP contribution is 2.32. The lowest BCUT2D eigenvalue weighted by Crippen LogP contribution is -2.47. The monoisotopic (exact) mass is 584 g/mol. The minimum Gasteiger partial charge on any atom is -0.466 e. The molecule has 0 heterocycles. The first-order chi connectivity index (χ1) is 18.6. The maximum Gasteiger partial charge on any atom is 0.271 e. The van der Waals surface area contributed by atoms with Gasteiger partial charge < -0.3 is 10.1 Å². The van der Waals surface area contributed by atoms with Gasteiger partial charge in [0, 0.05) is 23.3 Å². The molecule has 4 rings (SSSR count). The fourth-order valence-electron chi connectivity index (χ4n) is 3.56. The van der Waals surface area contributed by atoms with Crippen LogP contribution in [0.15, 0.2) is 96.1 Å². The number of carbonyl (C=O) groups excluding carboxylic acids is 2. The Morgan fingerprint density at radius 3 is 2.33 bits per heavy atom. The number of nitro groups is 1. The van der Waals surface area contributed by atoms with Crippen molar-refractivity contribution in [1.82, 2.24) is 10.7 Å². The summed E-state index contributed by atoms with van der Waals surface area (Å²) >= 11 is 18.3. The zero-order valence-corrected chi connectivity index (χ0v) is 22.2. The maximum atomic E-state index is 13.0. The topological polar surface area (TPSA) is 123 Å². The number of nitro benzene ring substituents is 1. The number of nitrogens with zero attached hydrogens (tertiary/aromatic N) is 2. The van der Waals surface area contributed by atoms with E-state index < -0.39 is 26.8 Å². The molecule has 0 unspecified atom stereocenters. The summed E-state index contributed by atoms with van der Waals surface area (Å²) in [7, 11) is 0. The lowest BCUT2D eigenvalue weighted by molar-refractivity contribution is -0.384. The minimum absolute atomic E-state index is 0.0911. The van der Waals surface area contributed by atoms with E-state index in [0.717, 1.165) is 16.8 Å². The van der Waals surface area contributed by atoms with Crippen LogP contribution in [0.1, 0.15) is 26.3 Å². The van der Waals surface area contributed by atoms with Gasteiger partial charge in [-0.15, -0.1) is 0 Å². The Kier molecular flexibility index (Phi) is 8.65. The molecule has 4 aromatic rings. The normalized spacial score (nSPS) is 12.2. The first-order valence-electron chi connectivity index (χ1n) is 11.3. The summed E-state index contributed by atoms with van der Waals surface area (Å²) in [6, 6.07) is 24.4. The molecule has 12 heteroatoms. The number of nitrogens with one attached hydrogen (secondary N) is 2. The summed E-state index contributed by atoms with van der Waals surface area (Å²) in [6.07, 6.45) is 0.0519. The molecule has 0 aliphatic rings. The number of hydrogen-bond donors (Lipinski definition) is 2. The quantitative estimate of drug-likeness (QED) is 0.0861. The molecule has 0 spiro atoms. The predicted octanol–water partition coefficient (Wildman–Crippen LogP) is 6.02. The molecule has 0 aromatic heterocycles. The van der Waals surface area contributed by atoms with Crippen molar-refractivity contribution in [2.75, 3.05) is 0 Å². The number of fused-ring (bicyclic) bond motifs is 1. The smallest absolute Gasteiger partial charge is 0.271 e. The van der Waals surface area contributed by atoms with Crippen LogP contribution in [0.4, 0.5) is 5.69 Å². The molecular formula is C27H19Cl3N4O5. The maximum absolute atomic E-state index is 13.0. The summed E-state index contributed by atoms with van der Waals surface area (Å²) in [5.74, 6) is -0.795. The number of halogens is 3. The number of ether oxygens (including phenoxy) is 1. The van der Waals surface area contributed by atoms with E-state index in [1.54, 1.807) is 36.4 Å². The molecule has 0 aliphatic heterocycles. The summed E-state index contributed by atoms with van der Waals surface area (Å²) in [5, 5.41) is 19.0. The van der Waals surface area contributed by atoms with Gasteiger partial charge in [0.1, 0.15) is 5.75 Å². The standard InChI is InChI=1S/C27H19Cl3N4O5/c28-27(29,30)26(32-25(36)23-10-4-6-18-5-1-2-9-22(18)23)39-21-13-11-17(12-14-21)16-31-33-24(35)19-7-3-8-20(15-19)34(37)38/h1-16,26H,(H,32,36)(H,33,35)/b31-16-/t26-/m0/s1. The Labute approximate surface area is 237 Å². The zero-order chi connectivity index (χ0) is 28.0. The fraction of sp³-hybridized carbons (Fsp3) is 0.0741. The molecule has 0 fully saturated rings. The van der Waals surface area contributed by atoms with Crippen LogP contribution in [0, 0.1) is 10.1 Å². The molecule has 0 aliphatic carbocycles. The molecule has 0 saturated carbocycles. The van der Waals surface area contributed by atoms with Gasteiger partial charge in [0.25, 0.3) is 17.5 Å². The Morgan fingerprint density at radius 1 is 0.923 bits per heavy atom. The zero-order valence-electron chi connectivity index (χ0n) is 19.9. The van der Waals surface area contributed by atoms with Crippen LogP contribution in [-0.2, 0) is 0 Å². The lowest BCUT2D eigenvalue weighted by Gasteiger charge is -2.26. The molecule has 9 nitrogen and oxygen atoms in total. The van der Waals surface area contributed by atoms with E-state index in [9.17, 15) is 19.7 Å². The molecule has 0 bridgehead atoms. The van der Waals surface area contributed by atoms with Crippen LogP contribution >= 0.6 is 34.8 Å². The van der Waals surface area contributed by atoms with Gasteiger partial charge in [0.2, 0.25) is 10.0 Å². The second-order valence-corrected chi connectivity index (χ2v) is 10.5. The molecule has 198 valence electrons. The number of hydrogen-bond acceptors (Lipinski definition) is 6. The van der Waals surface area contributed by atoms with Crippen molar-refractivity contribution in [2.45, 2.75) is 10.0 Å². The van der Waals surface area contributed by atoms with Gasteiger partial charge in [-0.25, -0.2) is 5.43 Å². The predicted molar refractivity (Wildman–Crippen MR) is 151 cm³/mol. The third kappa shape index (κ3) is 7.23. The average Bonchev–Trinajstić information content (AvgIpc) is 2.92. The van der Waals surface area contributed by atoms with Crippen molar-refractivity contribution >= 4 is 69.3 Å². The SMILES string of the molecule is O=C(N/N=C\c1ccc(O[C@H](NC(=O)c2cccc3ccccc23)C(Cl)(Cl)Cl)cc1)c1cccc([N+](=O)[O-])c1. The van der Waals surface area contributed by atoms with Crippen LogP contribution in [0.3, 0.4) is 0 Å². The van der Waals surface area contributed by atoms with E-state index in [1.165, 1.54) is 24.4 Å². The molecule has 1 atom stereocenters. The second-order valence-electron chi connectivity index (χ2n) is 8.12. The van der Waals surface area contributed by atoms with E-state index in [2.05, 4.69) is 15.8 Å². The molecule has 0 radical (unpaired) electrons. The first-order valence-corrected chi connectivity index (χ1v) is 12.4. The van der Waals surface area contributed by atoms with Crippen LogP contribution in [0.2, 0.25) is 0 Å². The van der Waals surface area contributed by atoms with Crippen LogP contribution in [0.5, 0.6) is 5.75 Å². The third-order valence-corrected chi connectivity index (χ3v) is 6.02. The Bertz CT molecular complexity index is 1550. The third-order valence-electron chi connectivity index (χ3n) is 5.43. The van der Waals surface area contributed by atoms with Gasteiger partial charge in [-0.2, -0.15) is 5.10 Å². The first kappa shape index (κ1) is 27.8. The Balaban J connectivity index is 1.41. The number of alkyl halides is 3. The van der Waals surface area contributed by atoms with Crippen LogP contribution in [-0.4, -0.2) is 33.0 Å². The lowest BCUT2D eigenvalue weighted by atomic mass is 10.0. The number of benzene rings is 4. The molecule has 4 aromatic carbocycles. The number of rotatable bonds is 8. The number of carbonyl (C=O) groups is 2. The van der Waals surface area contributed by atoms with Crippen molar-refractivity contribution in [1.29, 1.82) is 0 Å². The van der Waals surface area contributed by atoms with Gasteiger partial charge in [-0.3, -0.25) is 19.7 Å². The van der Waals surface area contributed by atoms with E-state index in [4.69, 9.17) is 39.5 Å². The van der Waals surface area contributed by atoms with E-state index in [0.29, 0.717) is 16.9 Å². The van der Waals surface area contributed by atoms with Crippen molar-refractivity contribution in [3.05, 3.63) is 118 Å².